The molecule has 0 atom stereocenters. The summed E-state index contributed by atoms with van der Waals surface area (Å²) in [5.41, 5.74) is 0.854. The first-order valence-corrected chi connectivity index (χ1v) is 16.0. The Labute approximate surface area is 219 Å². The van der Waals surface area contributed by atoms with Crippen molar-refractivity contribution >= 4 is 48.7 Å². The number of benzene rings is 2. The van der Waals surface area contributed by atoms with Gasteiger partial charge in [0.1, 0.15) is 9.96 Å². The number of rotatable bonds is 14. The number of carbonyl (C=O) groups is 1. The molecule has 194 valence electrons. The van der Waals surface area contributed by atoms with Gasteiger partial charge in [0.2, 0.25) is 9.84 Å². The second-order valence-electron chi connectivity index (χ2n) is 7.80. The molecule has 36 heavy (non-hydrogen) atoms. The molecule has 3 rings (SSSR count). The second kappa shape index (κ2) is 12.7. The van der Waals surface area contributed by atoms with E-state index >= 15 is 0 Å². The summed E-state index contributed by atoms with van der Waals surface area (Å²) in [6, 6.07) is 14.7. The fraction of sp³-hybridized carbons (Fsp3) is 0.292. The largest absolute Gasteiger partial charge is 0.482 e. The molecule has 0 saturated heterocycles. The maximum Gasteiger partial charge on any atom is 0.341 e. The Balaban J connectivity index is 1.41. The third-order valence-electron chi connectivity index (χ3n) is 5.03. The summed E-state index contributed by atoms with van der Waals surface area (Å²) in [7, 11) is -7.32. The number of sulfone groups is 2. The number of aliphatic carboxylic acids is 1. The number of hydrogen-bond acceptors (Lipinski definition) is 9. The Kier molecular flexibility index (Phi) is 9.97. The molecule has 1 aromatic heterocycles. The van der Waals surface area contributed by atoms with Gasteiger partial charge in [-0.1, -0.05) is 18.2 Å². The number of aryl methyl sites for hydroxylation is 1. The fourth-order valence-corrected chi connectivity index (χ4v) is 8.48. The van der Waals surface area contributed by atoms with Gasteiger partial charge in [-0.15, -0.1) is 23.1 Å². The normalized spacial score (nSPS) is 11.9. The van der Waals surface area contributed by atoms with Crippen molar-refractivity contribution in [2.75, 3.05) is 31.2 Å². The number of ether oxygens (including phenoxy) is 1. The lowest BCUT2D eigenvalue weighted by Gasteiger charge is -2.09. The highest BCUT2D eigenvalue weighted by molar-refractivity contribution is 7.99. The van der Waals surface area contributed by atoms with Crippen LogP contribution in [0.15, 0.2) is 78.9 Å². The molecule has 0 bridgehead atoms. The molecule has 0 spiro atoms. The monoisotopic (exact) mass is 569 g/mol. The van der Waals surface area contributed by atoms with Crippen LogP contribution in [0.1, 0.15) is 12.0 Å². The van der Waals surface area contributed by atoms with Gasteiger partial charge in [-0.2, -0.15) is 0 Å². The zero-order valence-electron chi connectivity index (χ0n) is 19.5. The molecule has 2 N–H and O–H groups in total. The summed E-state index contributed by atoms with van der Waals surface area (Å²) < 4.78 is 56.0. The van der Waals surface area contributed by atoms with Crippen LogP contribution in [0.2, 0.25) is 0 Å². The second-order valence-corrected chi connectivity index (χ2v) is 14.2. The number of nitrogens with one attached hydrogen (secondary N) is 1. The van der Waals surface area contributed by atoms with Gasteiger partial charge in [0.05, 0.1) is 15.5 Å². The lowest BCUT2D eigenvalue weighted by Crippen LogP contribution is -2.21. The summed E-state index contributed by atoms with van der Waals surface area (Å²) in [6.45, 7) is 2.67. The van der Waals surface area contributed by atoms with E-state index in [-0.39, 0.29) is 26.4 Å². The zero-order chi connectivity index (χ0) is 26.2. The smallest absolute Gasteiger partial charge is 0.341 e. The lowest BCUT2D eigenvalue weighted by atomic mass is 10.2. The maximum atomic E-state index is 12.7. The molecule has 0 aliphatic carbocycles. The lowest BCUT2D eigenvalue weighted by molar-refractivity contribution is -0.139. The average molecular weight is 570 g/mol. The van der Waals surface area contributed by atoms with E-state index in [1.165, 1.54) is 23.6 Å². The van der Waals surface area contributed by atoms with Crippen LogP contribution in [0.5, 0.6) is 5.75 Å². The van der Waals surface area contributed by atoms with Crippen molar-refractivity contribution in [1.29, 1.82) is 0 Å². The van der Waals surface area contributed by atoms with Crippen molar-refractivity contribution in [1.82, 2.24) is 5.32 Å². The Morgan fingerprint density at radius 2 is 1.78 bits per heavy atom. The molecule has 0 saturated carbocycles. The standard InChI is InChI=1S/C24H27NO7S4/c1-18-14-19(8-9-22(18)32-16-23(26)27)33-12-11-25-10-5-13-35(28,29)24-15-21(17-34-24)36(30,31)20-6-3-2-4-7-20/h2-4,6-9,14-15,17,25H,5,10-13,16H2,1H3,(H,26,27). The Hall–Kier alpha value is -2.38. The van der Waals surface area contributed by atoms with Crippen LogP contribution in [0.4, 0.5) is 0 Å². The number of carboxylic acids is 1. The molecule has 0 aliphatic rings. The van der Waals surface area contributed by atoms with E-state index in [9.17, 15) is 21.6 Å². The molecule has 1 heterocycles. The fourth-order valence-electron chi connectivity index (χ4n) is 3.21. The van der Waals surface area contributed by atoms with E-state index in [1.54, 1.807) is 36.0 Å². The first-order chi connectivity index (χ1) is 17.1. The van der Waals surface area contributed by atoms with Crippen LogP contribution < -0.4 is 10.1 Å². The first-order valence-electron chi connectivity index (χ1n) is 11.0. The number of thioether (sulfide) groups is 1. The van der Waals surface area contributed by atoms with E-state index in [0.29, 0.717) is 25.3 Å². The van der Waals surface area contributed by atoms with Crippen LogP contribution in [0, 0.1) is 6.92 Å². The molecule has 0 fully saturated rings. The third-order valence-corrected chi connectivity index (χ3v) is 11.3. The van der Waals surface area contributed by atoms with Gasteiger partial charge in [-0.25, -0.2) is 21.6 Å². The van der Waals surface area contributed by atoms with Crippen LogP contribution >= 0.6 is 23.1 Å². The average Bonchev–Trinajstić information content (AvgIpc) is 3.36. The summed E-state index contributed by atoms with van der Waals surface area (Å²) in [5, 5.41) is 13.3. The quantitative estimate of drug-likeness (QED) is 0.219. The Bertz CT molecular complexity index is 1380. The van der Waals surface area contributed by atoms with E-state index < -0.39 is 25.6 Å². The van der Waals surface area contributed by atoms with Crippen molar-refractivity contribution < 1.29 is 31.5 Å². The Morgan fingerprint density at radius 1 is 1.03 bits per heavy atom. The molecule has 8 nitrogen and oxygen atoms in total. The van der Waals surface area contributed by atoms with Crippen LogP contribution in [-0.2, 0) is 24.5 Å². The van der Waals surface area contributed by atoms with Crippen molar-refractivity contribution in [3.63, 3.8) is 0 Å². The SMILES string of the molecule is Cc1cc(SCCNCCCS(=O)(=O)c2cc(S(=O)(=O)c3ccccc3)cs2)ccc1OCC(=O)O. The highest BCUT2D eigenvalue weighted by Gasteiger charge is 2.23. The molecule has 3 aromatic rings. The van der Waals surface area contributed by atoms with Crippen molar-refractivity contribution in [3.8, 4) is 5.75 Å². The predicted molar refractivity (Wildman–Crippen MR) is 141 cm³/mol. The van der Waals surface area contributed by atoms with E-state index in [4.69, 9.17) is 9.84 Å². The molecule has 12 heteroatoms. The summed E-state index contributed by atoms with van der Waals surface area (Å²) in [6.07, 6.45) is 0.403. The Morgan fingerprint density at radius 3 is 2.47 bits per heavy atom. The zero-order valence-corrected chi connectivity index (χ0v) is 22.8. The number of thiophene rings is 1. The van der Waals surface area contributed by atoms with Crippen molar-refractivity contribution in [3.05, 3.63) is 65.5 Å². The van der Waals surface area contributed by atoms with Crippen molar-refractivity contribution in [2.24, 2.45) is 0 Å². The third kappa shape index (κ3) is 7.81. The molecular weight excluding hydrogens is 543 g/mol. The van der Waals surface area contributed by atoms with Crippen LogP contribution in [-0.4, -0.2) is 59.1 Å². The van der Waals surface area contributed by atoms with Crippen LogP contribution in [0.25, 0.3) is 0 Å². The summed E-state index contributed by atoms with van der Waals surface area (Å²) in [5.74, 6) is 0.210. The van der Waals surface area contributed by atoms with E-state index in [0.717, 1.165) is 27.5 Å². The van der Waals surface area contributed by atoms with Gasteiger partial charge in [0.25, 0.3) is 0 Å². The van der Waals surface area contributed by atoms with Gasteiger partial charge in [0.15, 0.2) is 16.4 Å². The molecular formula is C24H27NO7S4. The molecule has 0 aliphatic heterocycles. The highest BCUT2D eigenvalue weighted by atomic mass is 32.2. The maximum absolute atomic E-state index is 12.7. The number of carboxylic acid groups (broad SMARTS) is 1. The topological polar surface area (TPSA) is 127 Å². The van der Waals surface area contributed by atoms with Gasteiger partial charge in [-0.3, -0.25) is 0 Å². The number of hydrogen-bond donors (Lipinski definition) is 2. The first kappa shape index (κ1) is 28.2. The predicted octanol–water partition coefficient (Wildman–Crippen LogP) is 3.90. The minimum Gasteiger partial charge on any atom is -0.482 e. The summed E-state index contributed by atoms with van der Waals surface area (Å²) >= 11 is 2.55. The molecule has 0 radical (unpaired) electrons. The van der Waals surface area contributed by atoms with E-state index in [1.807, 2.05) is 19.1 Å². The molecule has 0 amide bonds. The minimum absolute atomic E-state index is 0.0101. The summed E-state index contributed by atoms with van der Waals surface area (Å²) in [4.78, 5) is 11.8. The highest BCUT2D eigenvalue weighted by Crippen LogP contribution is 2.29. The van der Waals surface area contributed by atoms with Gasteiger partial charge >= 0.3 is 5.97 Å². The van der Waals surface area contributed by atoms with Gasteiger partial charge in [0, 0.05) is 22.6 Å². The van der Waals surface area contributed by atoms with E-state index in [2.05, 4.69) is 5.32 Å². The van der Waals surface area contributed by atoms with Gasteiger partial charge < -0.3 is 15.2 Å². The van der Waals surface area contributed by atoms with Gasteiger partial charge in [-0.05, 0) is 61.9 Å². The van der Waals surface area contributed by atoms with Crippen molar-refractivity contribution in [2.45, 2.75) is 32.2 Å². The molecule has 0 unspecified atom stereocenters. The van der Waals surface area contributed by atoms with Crippen LogP contribution in [0.3, 0.4) is 0 Å². The minimum atomic E-state index is -3.75. The molecule has 2 aromatic carbocycles.